The van der Waals surface area contributed by atoms with Crippen molar-refractivity contribution in [1.82, 2.24) is 9.97 Å². The minimum absolute atomic E-state index is 0.176. The second kappa shape index (κ2) is 6.78. The first kappa shape index (κ1) is 16.3. The summed E-state index contributed by atoms with van der Waals surface area (Å²) >= 11 is 0. The van der Waals surface area contributed by atoms with Crippen molar-refractivity contribution in [1.29, 1.82) is 5.41 Å². The van der Waals surface area contributed by atoms with Crippen LogP contribution in [0.2, 0.25) is 0 Å². The van der Waals surface area contributed by atoms with E-state index in [1.165, 1.54) is 6.92 Å². The summed E-state index contributed by atoms with van der Waals surface area (Å²) in [6, 6.07) is 5.04. The molecule has 2 aromatic rings. The number of Topliss-reactive ketones (excluding diaryl/α,β-unsaturated/α-hetero) is 1. The Morgan fingerprint density at radius 3 is 2.43 bits per heavy atom. The molecular weight excluding hydrogens is 296 g/mol. The topological polar surface area (TPSA) is 116 Å². The van der Waals surface area contributed by atoms with Crippen LogP contribution in [0.3, 0.4) is 0 Å². The van der Waals surface area contributed by atoms with Gasteiger partial charge in [-0.15, -0.1) is 0 Å². The second-order valence-corrected chi connectivity index (χ2v) is 4.96. The van der Waals surface area contributed by atoms with Crippen molar-refractivity contribution >= 4 is 23.2 Å². The molecule has 0 saturated heterocycles. The Bertz CT molecular complexity index is 769. The van der Waals surface area contributed by atoms with Gasteiger partial charge >= 0.3 is 5.97 Å². The van der Waals surface area contributed by atoms with Gasteiger partial charge in [0.25, 0.3) is 0 Å². The van der Waals surface area contributed by atoms with E-state index in [-0.39, 0.29) is 12.3 Å². The first-order valence-corrected chi connectivity index (χ1v) is 6.87. The van der Waals surface area contributed by atoms with Crippen LogP contribution in [0.1, 0.15) is 18.3 Å². The third-order valence-electron chi connectivity index (χ3n) is 3.19. The quantitative estimate of drug-likeness (QED) is 0.702. The van der Waals surface area contributed by atoms with Gasteiger partial charge in [0.1, 0.15) is 18.1 Å². The van der Waals surface area contributed by atoms with Gasteiger partial charge in [0.15, 0.2) is 5.78 Å². The van der Waals surface area contributed by atoms with E-state index in [1.807, 2.05) is 0 Å². The lowest BCUT2D eigenvalue weighted by Crippen LogP contribution is -2.17. The van der Waals surface area contributed by atoms with E-state index >= 15 is 0 Å². The Balaban J connectivity index is 2.45. The molecule has 0 aliphatic carbocycles. The molecule has 0 spiro atoms. The van der Waals surface area contributed by atoms with Crippen molar-refractivity contribution in [2.24, 2.45) is 0 Å². The molecular formula is C16H16N4O3. The van der Waals surface area contributed by atoms with Gasteiger partial charge < -0.3 is 10.4 Å². The molecule has 23 heavy (non-hydrogen) atoms. The number of benzene rings is 1. The molecule has 0 amide bonds. The molecule has 7 heteroatoms. The molecule has 0 radical (unpaired) electrons. The van der Waals surface area contributed by atoms with E-state index in [4.69, 9.17) is 10.5 Å². The van der Waals surface area contributed by atoms with Gasteiger partial charge in [0, 0.05) is 36.1 Å². The summed E-state index contributed by atoms with van der Waals surface area (Å²) in [4.78, 5) is 30.5. The first-order valence-electron chi connectivity index (χ1n) is 6.87. The van der Waals surface area contributed by atoms with E-state index in [9.17, 15) is 9.59 Å². The molecule has 0 saturated carbocycles. The molecule has 1 aromatic heterocycles. The summed E-state index contributed by atoms with van der Waals surface area (Å²) in [7, 11) is 0. The molecule has 7 nitrogen and oxygen atoms in total. The number of aromatic nitrogens is 2. The van der Waals surface area contributed by atoms with Gasteiger partial charge in [0.2, 0.25) is 0 Å². The monoisotopic (exact) mass is 312 g/mol. The smallest absolute Gasteiger partial charge is 0.322 e. The highest BCUT2D eigenvalue weighted by Crippen LogP contribution is 2.25. The van der Waals surface area contributed by atoms with E-state index in [0.717, 1.165) is 11.1 Å². The highest BCUT2D eigenvalue weighted by molar-refractivity contribution is 6.45. The van der Waals surface area contributed by atoms with E-state index < -0.39 is 11.8 Å². The van der Waals surface area contributed by atoms with Gasteiger partial charge in [-0.2, -0.15) is 0 Å². The van der Waals surface area contributed by atoms with Crippen LogP contribution >= 0.6 is 0 Å². The lowest BCUT2D eigenvalue weighted by atomic mass is 10.00. The van der Waals surface area contributed by atoms with Crippen LogP contribution in [0.5, 0.6) is 0 Å². The Morgan fingerprint density at radius 1 is 1.22 bits per heavy atom. The van der Waals surface area contributed by atoms with Crippen molar-refractivity contribution < 1.29 is 14.7 Å². The highest BCUT2D eigenvalue weighted by atomic mass is 16.4. The number of rotatable bonds is 6. The van der Waals surface area contributed by atoms with Crippen LogP contribution in [0.15, 0.2) is 30.6 Å². The molecule has 0 aliphatic heterocycles. The summed E-state index contributed by atoms with van der Waals surface area (Å²) in [5.41, 5.74) is 2.11. The number of hydrogen-bond acceptors (Lipinski definition) is 6. The number of hydrogen-bond donors (Lipinski definition) is 3. The van der Waals surface area contributed by atoms with Gasteiger partial charge in [0.05, 0.1) is 0 Å². The van der Waals surface area contributed by atoms with Gasteiger partial charge in [-0.3, -0.25) is 15.0 Å². The predicted molar refractivity (Wildman–Crippen MR) is 85.8 cm³/mol. The number of anilines is 1. The van der Waals surface area contributed by atoms with Crippen LogP contribution in [0.25, 0.3) is 11.1 Å². The average molecular weight is 312 g/mol. The van der Waals surface area contributed by atoms with Gasteiger partial charge in [-0.1, -0.05) is 12.1 Å². The number of carbonyl (C=O) groups is 2. The fourth-order valence-corrected chi connectivity index (χ4v) is 1.99. The Labute approximate surface area is 132 Å². The lowest BCUT2D eigenvalue weighted by Gasteiger charge is -2.12. The van der Waals surface area contributed by atoms with Crippen molar-refractivity contribution in [2.75, 3.05) is 11.9 Å². The fourth-order valence-electron chi connectivity index (χ4n) is 1.99. The Kier molecular flexibility index (Phi) is 4.80. The van der Waals surface area contributed by atoms with E-state index in [0.29, 0.717) is 17.1 Å². The fraction of sp³-hybridized carbons (Fsp3) is 0.188. The molecule has 0 fully saturated rings. The van der Waals surface area contributed by atoms with Crippen molar-refractivity contribution in [3.05, 3.63) is 42.0 Å². The number of aryl methyl sites for hydroxylation is 1. The van der Waals surface area contributed by atoms with Crippen molar-refractivity contribution in [2.45, 2.75) is 13.8 Å². The molecule has 2 rings (SSSR count). The SMILES string of the molecule is CC(=O)C(=N)c1ccc(-c2cnc(C)nc2)cc1NCC(=O)O. The minimum atomic E-state index is -1.03. The summed E-state index contributed by atoms with van der Waals surface area (Å²) in [5.74, 6) is -0.780. The molecule has 0 aliphatic rings. The van der Waals surface area contributed by atoms with Crippen LogP contribution in [-0.4, -0.2) is 39.1 Å². The maximum absolute atomic E-state index is 11.4. The maximum atomic E-state index is 11.4. The summed E-state index contributed by atoms with van der Waals surface area (Å²) in [6.45, 7) is 2.76. The lowest BCUT2D eigenvalue weighted by molar-refractivity contribution is -0.134. The molecule has 3 N–H and O–H groups in total. The largest absolute Gasteiger partial charge is 0.480 e. The normalized spacial score (nSPS) is 10.2. The minimum Gasteiger partial charge on any atom is -0.480 e. The Hall–Kier alpha value is -3.09. The number of nitrogens with zero attached hydrogens (tertiary/aromatic N) is 2. The third kappa shape index (κ3) is 3.97. The third-order valence-corrected chi connectivity index (χ3v) is 3.19. The molecule has 0 bridgehead atoms. The first-order chi connectivity index (χ1) is 10.9. The van der Waals surface area contributed by atoms with E-state index in [1.54, 1.807) is 37.5 Å². The van der Waals surface area contributed by atoms with Gasteiger partial charge in [-0.25, -0.2) is 9.97 Å². The zero-order chi connectivity index (χ0) is 17.0. The molecule has 1 aromatic carbocycles. The van der Waals surface area contributed by atoms with Crippen LogP contribution in [0, 0.1) is 12.3 Å². The number of carboxylic acids is 1. The summed E-state index contributed by atoms with van der Waals surface area (Å²) in [6.07, 6.45) is 3.32. The highest BCUT2D eigenvalue weighted by Gasteiger charge is 2.14. The number of nitrogens with one attached hydrogen (secondary N) is 2. The zero-order valence-electron chi connectivity index (χ0n) is 12.8. The molecule has 118 valence electrons. The Morgan fingerprint density at radius 2 is 1.87 bits per heavy atom. The number of carbonyl (C=O) groups excluding carboxylic acids is 1. The standard InChI is InChI=1S/C16H16N4O3/c1-9(21)16(17)13-4-3-11(5-14(13)20-8-15(22)23)12-6-18-10(2)19-7-12/h3-7,17,20H,8H2,1-2H3,(H,22,23). The summed E-state index contributed by atoms with van der Waals surface area (Å²) in [5, 5.41) is 19.4. The molecule has 1 heterocycles. The van der Waals surface area contributed by atoms with Crippen molar-refractivity contribution in [3.8, 4) is 11.1 Å². The molecule has 0 atom stereocenters. The number of carboxylic acid groups (broad SMARTS) is 1. The van der Waals surface area contributed by atoms with Crippen molar-refractivity contribution in [3.63, 3.8) is 0 Å². The van der Waals surface area contributed by atoms with Crippen LogP contribution < -0.4 is 5.32 Å². The van der Waals surface area contributed by atoms with Crippen LogP contribution in [-0.2, 0) is 9.59 Å². The number of aliphatic carboxylic acids is 1. The maximum Gasteiger partial charge on any atom is 0.322 e. The zero-order valence-corrected chi connectivity index (χ0v) is 12.8. The van der Waals surface area contributed by atoms with Crippen LogP contribution in [0.4, 0.5) is 5.69 Å². The predicted octanol–water partition coefficient (Wildman–Crippen LogP) is 1.91. The van der Waals surface area contributed by atoms with Gasteiger partial charge in [-0.05, 0) is 18.6 Å². The average Bonchev–Trinajstić information content (AvgIpc) is 2.52. The summed E-state index contributed by atoms with van der Waals surface area (Å²) < 4.78 is 0. The molecule has 0 unspecified atom stereocenters. The second-order valence-electron chi connectivity index (χ2n) is 4.96. The number of ketones is 1. The van der Waals surface area contributed by atoms with E-state index in [2.05, 4.69) is 15.3 Å².